The van der Waals surface area contributed by atoms with Gasteiger partial charge in [-0.3, -0.25) is 0 Å². The van der Waals surface area contributed by atoms with Crippen LogP contribution in [0.2, 0.25) is 0 Å². The second-order valence-corrected chi connectivity index (χ2v) is 4.74. The van der Waals surface area contributed by atoms with Gasteiger partial charge in [-0.05, 0) is 40.2 Å². The van der Waals surface area contributed by atoms with Gasteiger partial charge in [0.1, 0.15) is 0 Å². The van der Waals surface area contributed by atoms with E-state index in [0.29, 0.717) is 11.9 Å². The number of hydrogen-bond acceptors (Lipinski definition) is 4. The predicted molar refractivity (Wildman–Crippen MR) is 77.2 cm³/mol. The maximum Gasteiger partial charge on any atom is 0.320 e. The maximum atomic E-state index is 5.59. The molecule has 0 spiro atoms. The van der Waals surface area contributed by atoms with Crippen LogP contribution in [-0.2, 0) is 0 Å². The Hall–Kier alpha value is -2.14. The van der Waals surface area contributed by atoms with Crippen molar-refractivity contribution >= 4 is 27.6 Å². The number of anilines is 2. The van der Waals surface area contributed by atoms with E-state index < -0.39 is 0 Å². The molecule has 0 saturated heterocycles. The number of nitrogens with zero attached hydrogens (tertiary/aromatic N) is 2. The molecular formula is C14H10BrN3O. The van der Waals surface area contributed by atoms with Crippen molar-refractivity contribution in [1.82, 2.24) is 10.2 Å². The molecule has 0 aliphatic heterocycles. The van der Waals surface area contributed by atoms with Crippen LogP contribution in [0, 0.1) is 0 Å². The van der Waals surface area contributed by atoms with Crippen molar-refractivity contribution in [2.24, 2.45) is 0 Å². The molecule has 0 bridgehead atoms. The van der Waals surface area contributed by atoms with E-state index in [1.54, 1.807) is 0 Å². The molecule has 2 aromatic carbocycles. The first-order valence-electron chi connectivity index (χ1n) is 5.73. The van der Waals surface area contributed by atoms with Gasteiger partial charge in [-0.2, -0.15) is 0 Å². The molecule has 0 atom stereocenters. The van der Waals surface area contributed by atoms with Crippen molar-refractivity contribution in [1.29, 1.82) is 0 Å². The first kappa shape index (κ1) is 11.9. The van der Waals surface area contributed by atoms with E-state index in [1.165, 1.54) is 0 Å². The SMILES string of the molecule is Brc1ccccc1-c1nnc(Nc2ccccc2)o1. The number of halogens is 1. The second-order valence-electron chi connectivity index (χ2n) is 3.88. The quantitative estimate of drug-likeness (QED) is 0.785. The standard InChI is InChI=1S/C14H10BrN3O/c15-12-9-5-4-8-11(12)13-17-18-14(19-13)16-10-6-2-1-3-7-10/h1-9H,(H,16,18). The number of rotatable bonds is 3. The van der Waals surface area contributed by atoms with Crippen LogP contribution in [-0.4, -0.2) is 10.2 Å². The van der Waals surface area contributed by atoms with Crippen molar-refractivity contribution in [3.05, 3.63) is 59.1 Å². The van der Waals surface area contributed by atoms with Crippen LogP contribution < -0.4 is 5.32 Å². The zero-order valence-electron chi connectivity index (χ0n) is 9.88. The number of aromatic nitrogens is 2. The summed E-state index contributed by atoms with van der Waals surface area (Å²) in [4.78, 5) is 0. The molecule has 0 aliphatic rings. The molecule has 0 saturated carbocycles. The Labute approximate surface area is 118 Å². The van der Waals surface area contributed by atoms with Crippen LogP contribution in [0.1, 0.15) is 0 Å². The molecule has 4 nitrogen and oxygen atoms in total. The third-order valence-electron chi connectivity index (χ3n) is 2.55. The molecular weight excluding hydrogens is 306 g/mol. The van der Waals surface area contributed by atoms with E-state index in [2.05, 4.69) is 31.4 Å². The summed E-state index contributed by atoms with van der Waals surface area (Å²) < 4.78 is 6.51. The van der Waals surface area contributed by atoms with Gasteiger partial charge in [-0.25, -0.2) is 0 Å². The highest BCUT2D eigenvalue weighted by molar-refractivity contribution is 9.10. The summed E-state index contributed by atoms with van der Waals surface area (Å²) in [6.45, 7) is 0. The van der Waals surface area contributed by atoms with Gasteiger partial charge in [-0.15, -0.1) is 5.10 Å². The van der Waals surface area contributed by atoms with E-state index in [1.807, 2.05) is 54.6 Å². The van der Waals surface area contributed by atoms with E-state index >= 15 is 0 Å². The number of nitrogens with one attached hydrogen (secondary N) is 1. The Morgan fingerprint density at radius 3 is 2.42 bits per heavy atom. The topological polar surface area (TPSA) is 51.0 Å². The summed E-state index contributed by atoms with van der Waals surface area (Å²) in [5.41, 5.74) is 1.78. The van der Waals surface area contributed by atoms with Crippen molar-refractivity contribution in [2.75, 3.05) is 5.32 Å². The molecule has 0 fully saturated rings. The van der Waals surface area contributed by atoms with Gasteiger partial charge in [0, 0.05) is 10.2 Å². The van der Waals surface area contributed by atoms with Gasteiger partial charge in [0.05, 0.1) is 5.56 Å². The Morgan fingerprint density at radius 2 is 1.63 bits per heavy atom. The summed E-state index contributed by atoms with van der Waals surface area (Å²) >= 11 is 3.46. The molecule has 94 valence electrons. The summed E-state index contributed by atoms with van der Waals surface area (Å²) in [5, 5.41) is 11.1. The summed E-state index contributed by atoms with van der Waals surface area (Å²) in [5.74, 6) is 0.478. The average molecular weight is 316 g/mol. The lowest BCUT2D eigenvalue weighted by Crippen LogP contribution is -1.88. The number of para-hydroxylation sites is 1. The molecule has 0 radical (unpaired) electrons. The van der Waals surface area contributed by atoms with Crippen LogP contribution in [0.5, 0.6) is 0 Å². The van der Waals surface area contributed by atoms with Crippen LogP contribution in [0.4, 0.5) is 11.7 Å². The summed E-state index contributed by atoms with van der Waals surface area (Å²) in [6.07, 6.45) is 0. The number of benzene rings is 2. The van der Waals surface area contributed by atoms with Crippen LogP contribution in [0.3, 0.4) is 0 Å². The zero-order valence-corrected chi connectivity index (χ0v) is 11.5. The van der Waals surface area contributed by atoms with E-state index in [-0.39, 0.29) is 0 Å². The van der Waals surface area contributed by atoms with Crippen LogP contribution >= 0.6 is 15.9 Å². The lowest BCUT2D eigenvalue weighted by molar-refractivity contribution is 0.587. The highest BCUT2D eigenvalue weighted by atomic mass is 79.9. The molecule has 3 aromatic rings. The molecule has 1 aromatic heterocycles. The van der Waals surface area contributed by atoms with Gasteiger partial charge in [0.15, 0.2) is 0 Å². The molecule has 1 heterocycles. The minimum atomic E-state index is 0.372. The normalized spacial score (nSPS) is 10.4. The average Bonchev–Trinajstić information content (AvgIpc) is 2.89. The van der Waals surface area contributed by atoms with Gasteiger partial charge in [-0.1, -0.05) is 35.4 Å². The fraction of sp³-hybridized carbons (Fsp3) is 0. The minimum absolute atomic E-state index is 0.372. The molecule has 5 heteroatoms. The van der Waals surface area contributed by atoms with Crippen molar-refractivity contribution in [2.45, 2.75) is 0 Å². The van der Waals surface area contributed by atoms with Gasteiger partial charge >= 0.3 is 6.01 Å². The van der Waals surface area contributed by atoms with E-state index in [9.17, 15) is 0 Å². The molecule has 1 N–H and O–H groups in total. The van der Waals surface area contributed by atoms with Gasteiger partial charge in [0.25, 0.3) is 5.89 Å². The maximum absolute atomic E-state index is 5.59. The third kappa shape index (κ3) is 2.66. The van der Waals surface area contributed by atoms with Crippen LogP contribution in [0.25, 0.3) is 11.5 Å². The fourth-order valence-electron chi connectivity index (χ4n) is 1.66. The summed E-state index contributed by atoms with van der Waals surface area (Å²) in [7, 11) is 0. The van der Waals surface area contributed by atoms with Crippen molar-refractivity contribution in [3.63, 3.8) is 0 Å². The first-order chi connectivity index (χ1) is 9.33. The Morgan fingerprint density at radius 1 is 0.895 bits per heavy atom. The molecule has 0 aliphatic carbocycles. The zero-order chi connectivity index (χ0) is 13.1. The fourth-order valence-corrected chi connectivity index (χ4v) is 2.12. The Kier molecular flexibility index (Phi) is 3.29. The lowest BCUT2D eigenvalue weighted by Gasteiger charge is -1.99. The van der Waals surface area contributed by atoms with E-state index in [4.69, 9.17) is 4.42 Å². The monoisotopic (exact) mass is 315 g/mol. The predicted octanol–water partition coefficient (Wildman–Crippen LogP) is 4.24. The van der Waals surface area contributed by atoms with Gasteiger partial charge < -0.3 is 9.73 Å². The Balaban J connectivity index is 1.86. The van der Waals surface area contributed by atoms with Crippen molar-refractivity contribution in [3.8, 4) is 11.5 Å². The lowest BCUT2D eigenvalue weighted by atomic mass is 10.2. The Bertz CT molecular complexity index is 682. The largest absolute Gasteiger partial charge is 0.403 e. The summed E-state index contributed by atoms with van der Waals surface area (Å²) in [6, 6.07) is 17.8. The van der Waals surface area contributed by atoms with Crippen molar-refractivity contribution < 1.29 is 4.42 Å². The first-order valence-corrected chi connectivity index (χ1v) is 6.53. The molecule has 3 rings (SSSR count). The van der Waals surface area contributed by atoms with Gasteiger partial charge in [0.2, 0.25) is 0 Å². The number of hydrogen-bond donors (Lipinski definition) is 1. The minimum Gasteiger partial charge on any atom is -0.403 e. The molecule has 19 heavy (non-hydrogen) atoms. The smallest absolute Gasteiger partial charge is 0.320 e. The highest BCUT2D eigenvalue weighted by Gasteiger charge is 2.10. The second kappa shape index (κ2) is 5.24. The molecule has 0 amide bonds. The third-order valence-corrected chi connectivity index (χ3v) is 3.25. The molecule has 0 unspecified atom stereocenters. The van der Waals surface area contributed by atoms with Crippen LogP contribution in [0.15, 0.2) is 63.5 Å². The highest BCUT2D eigenvalue weighted by Crippen LogP contribution is 2.28. The van der Waals surface area contributed by atoms with E-state index in [0.717, 1.165) is 15.7 Å².